The highest BCUT2D eigenvalue weighted by Crippen LogP contribution is 2.27. The number of halogens is 2. The lowest BCUT2D eigenvalue weighted by Gasteiger charge is -2.32. The summed E-state index contributed by atoms with van der Waals surface area (Å²) in [6, 6.07) is 26.1. The second-order valence-corrected chi connectivity index (χ2v) is 10.4. The average molecular weight is 572 g/mol. The Kier molecular flexibility index (Phi) is 8.89. The van der Waals surface area contributed by atoms with Crippen LogP contribution in [0.15, 0.2) is 91.0 Å². The van der Waals surface area contributed by atoms with E-state index >= 15 is 0 Å². The number of nitrogens with zero attached hydrogens (tertiary/aromatic N) is 5. The fourth-order valence-electron chi connectivity index (χ4n) is 5.03. The first kappa shape index (κ1) is 28.2. The van der Waals surface area contributed by atoms with Crippen molar-refractivity contribution in [2.24, 2.45) is 0 Å². The molecule has 0 bridgehead atoms. The maximum absolute atomic E-state index is 14.0. The van der Waals surface area contributed by atoms with Crippen molar-refractivity contribution in [1.82, 2.24) is 20.0 Å². The Balaban J connectivity index is 1.28. The van der Waals surface area contributed by atoms with Crippen molar-refractivity contribution < 1.29 is 14.0 Å². The molecule has 3 aromatic carbocycles. The molecular weight excluding hydrogens is 541 g/mol. The van der Waals surface area contributed by atoms with Crippen molar-refractivity contribution in [3.63, 3.8) is 0 Å². The molecule has 0 spiro atoms. The summed E-state index contributed by atoms with van der Waals surface area (Å²) >= 11 is 6.31. The molecule has 210 valence electrons. The van der Waals surface area contributed by atoms with Crippen molar-refractivity contribution in [3.05, 3.63) is 113 Å². The number of benzene rings is 3. The number of hydrogen-bond donors (Lipinski definition) is 0. The Hall–Kier alpha value is -4.30. The van der Waals surface area contributed by atoms with Gasteiger partial charge in [0.1, 0.15) is 12.4 Å². The maximum Gasteiger partial charge on any atom is 0.254 e. The Morgan fingerprint density at radius 2 is 1.68 bits per heavy atom. The standard InChI is InChI=1S/C32H31ClFN5O2/c1-23(24-9-3-2-4-10-24)39(32(41)25-11-7-12-26(34)21-25)22-31(40)38-18-8-17-37(19-20-38)30-16-15-29(35-36-30)27-13-5-6-14-28(27)33/h2-7,9-16,21,23H,8,17-20,22H2,1H3/t23-/m0/s1. The lowest BCUT2D eigenvalue weighted by Crippen LogP contribution is -2.45. The highest BCUT2D eigenvalue weighted by Gasteiger charge is 2.28. The third-order valence-electron chi connectivity index (χ3n) is 7.36. The van der Waals surface area contributed by atoms with E-state index in [2.05, 4.69) is 15.1 Å². The van der Waals surface area contributed by atoms with E-state index in [0.717, 1.165) is 29.9 Å². The fourth-order valence-corrected chi connectivity index (χ4v) is 5.26. The van der Waals surface area contributed by atoms with Crippen LogP contribution < -0.4 is 4.90 Å². The zero-order valence-electron chi connectivity index (χ0n) is 22.8. The molecule has 1 aromatic heterocycles. The minimum Gasteiger partial charge on any atom is -0.353 e. The molecule has 1 saturated heterocycles. The summed E-state index contributed by atoms with van der Waals surface area (Å²) in [5.74, 6) is -0.306. The normalized spacial score (nSPS) is 14.3. The summed E-state index contributed by atoms with van der Waals surface area (Å²) in [5.41, 5.74) is 2.62. The smallest absolute Gasteiger partial charge is 0.254 e. The van der Waals surface area contributed by atoms with Gasteiger partial charge in [0.15, 0.2) is 5.82 Å². The highest BCUT2D eigenvalue weighted by molar-refractivity contribution is 6.33. The number of aromatic nitrogens is 2. The molecule has 0 unspecified atom stereocenters. The van der Waals surface area contributed by atoms with Crippen LogP contribution in [0.25, 0.3) is 11.3 Å². The molecule has 7 nitrogen and oxygen atoms in total. The first-order valence-corrected chi connectivity index (χ1v) is 14.0. The molecule has 1 aliphatic heterocycles. The van der Waals surface area contributed by atoms with Crippen molar-refractivity contribution in [1.29, 1.82) is 0 Å². The van der Waals surface area contributed by atoms with E-state index in [9.17, 15) is 14.0 Å². The molecule has 5 rings (SSSR count). The monoisotopic (exact) mass is 571 g/mol. The van der Waals surface area contributed by atoms with Gasteiger partial charge in [-0.05, 0) is 55.3 Å². The Labute approximate surface area is 244 Å². The van der Waals surface area contributed by atoms with Gasteiger partial charge in [-0.25, -0.2) is 4.39 Å². The van der Waals surface area contributed by atoms with Crippen LogP contribution in [-0.2, 0) is 4.79 Å². The Morgan fingerprint density at radius 1 is 0.902 bits per heavy atom. The molecule has 2 heterocycles. The van der Waals surface area contributed by atoms with Crippen molar-refractivity contribution >= 4 is 29.2 Å². The number of carbonyl (C=O) groups is 2. The molecule has 41 heavy (non-hydrogen) atoms. The predicted octanol–water partition coefficient (Wildman–Crippen LogP) is 5.88. The molecule has 1 fully saturated rings. The van der Waals surface area contributed by atoms with E-state index in [1.807, 2.05) is 73.7 Å². The molecule has 4 aromatic rings. The van der Waals surface area contributed by atoms with E-state index < -0.39 is 5.82 Å². The van der Waals surface area contributed by atoms with Crippen LogP contribution in [0.2, 0.25) is 5.02 Å². The molecular formula is C32H31ClFN5O2. The van der Waals surface area contributed by atoms with Crippen LogP contribution in [0.1, 0.15) is 35.3 Å². The van der Waals surface area contributed by atoms with Crippen LogP contribution in [-0.4, -0.2) is 64.5 Å². The molecule has 1 atom stereocenters. The van der Waals surface area contributed by atoms with Gasteiger partial charge in [0, 0.05) is 37.3 Å². The van der Waals surface area contributed by atoms with Gasteiger partial charge in [-0.15, -0.1) is 10.2 Å². The van der Waals surface area contributed by atoms with Crippen LogP contribution >= 0.6 is 11.6 Å². The van der Waals surface area contributed by atoms with Gasteiger partial charge in [0.25, 0.3) is 5.91 Å². The van der Waals surface area contributed by atoms with Crippen LogP contribution in [0, 0.1) is 5.82 Å². The van der Waals surface area contributed by atoms with E-state index in [1.165, 1.54) is 23.1 Å². The molecule has 2 amide bonds. The summed E-state index contributed by atoms with van der Waals surface area (Å²) < 4.78 is 14.0. The number of rotatable bonds is 7. The maximum atomic E-state index is 14.0. The molecule has 0 N–H and O–H groups in total. The Bertz CT molecular complexity index is 1500. The molecule has 1 aliphatic rings. The van der Waals surface area contributed by atoms with Gasteiger partial charge in [-0.3, -0.25) is 9.59 Å². The van der Waals surface area contributed by atoms with Crippen molar-refractivity contribution in [2.75, 3.05) is 37.6 Å². The summed E-state index contributed by atoms with van der Waals surface area (Å²) in [5, 5.41) is 9.43. The fraction of sp³-hybridized carbons (Fsp3) is 0.250. The second-order valence-electron chi connectivity index (χ2n) is 10.0. The SMILES string of the molecule is C[C@@H](c1ccccc1)N(CC(=O)N1CCCN(c2ccc(-c3ccccc3Cl)nn2)CC1)C(=O)c1cccc(F)c1. The van der Waals surface area contributed by atoms with E-state index in [4.69, 9.17) is 11.6 Å². The summed E-state index contributed by atoms with van der Waals surface area (Å²) in [4.78, 5) is 32.5. The van der Waals surface area contributed by atoms with Gasteiger partial charge in [-0.1, -0.05) is 66.2 Å². The van der Waals surface area contributed by atoms with Gasteiger partial charge in [-0.2, -0.15) is 0 Å². The van der Waals surface area contributed by atoms with Crippen LogP contribution in [0.5, 0.6) is 0 Å². The van der Waals surface area contributed by atoms with Gasteiger partial charge in [0.2, 0.25) is 5.91 Å². The lowest BCUT2D eigenvalue weighted by atomic mass is 10.1. The first-order chi connectivity index (χ1) is 19.9. The third kappa shape index (κ3) is 6.72. The number of carbonyl (C=O) groups excluding carboxylic acids is 2. The number of amides is 2. The van der Waals surface area contributed by atoms with Crippen LogP contribution in [0.3, 0.4) is 0 Å². The summed E-state index contributed by atoms with van der Waals surface area (Å²) in [6.45, 7) is 4.11. The molecule has 0 aliphatic carbocycles. The quantitative estimate of drug-likeness (QED) is 0.277. The second kappa shape index (κ2) is 12.9. The zero-order chi connectivity index (χ0) is 28.8. The zero-order valence-corrected chi connectivity index (χ0v) is 23.5. The van der Waals surface area contributed by atoms with Gasteiger partial charge in [0.05, 0.1) is 16.8 Å². The van der Waals surface area contributed by atoms with Crippen molar-refractivity contribution in [3.8, 4) is 11.3 Å². The van der Waals surface area contributed by atoms with Gasteiger partial charge >= 0.3 is 0 Å². The predicted molar refractivity (Wildman–Crippen MR) is 158 cm³/mol. The summed E-state index contributed by atoms with van der Waals surface area (Å²) in [7, 11) is 0. The lowest BCUT2D eigenvalue weighted by molar-refractivity contribution is -0.132. The topological polar surface area (TPSA) is 69.6 Å². The first-order valence-electron chi connectivity index (χ1n) is 13.6. The average Bonchev–Trinajstić information content (AvgIpc) is 3.27. The summed E-state index contributed by atoms with van der Waals surface area (Å²) in [6.07, 6.45) is 0.742. The van der Waals surface area contributed by atoms with E-state index in [1.54, 1.807) is 11.0 Å². The minimum atomic E-state index is -0.495. The molecule has 0 radical (unpaired) electrons. The molecule has 9 heteroatoms. The molecule has 0 saturated carbocycles. The minimum absolute atomic E-state index is 0.113. The van der Waals surface area contributed by atoms with Gasteiger partial charge < -0.3 is 14.7 Å². The van der Waals surface area contributed by atoms with Crippen LogP contribution in [0.4, 0.5) is 10.2 Å². The number of hydrogen-bond acceptors (Lipinski definition) is 5. The Morgan fingerprint density at radius 3 is 2.41 bits per heavy atom. The highest BCUT2D eigenvalue weighted by atomic mass is 35.5. The largest absolute Gasteiger partial charge is 0.353 e. The van der Waals surface area contributed by atoms with E-state index in [-0.39, 0.29) is 30.0 Å². The third-order valence-corrected chi connectivity index (χ3v) is 7.69. The van der Waals surface area contributed by atoms with E-state index in [0.29, 0.717) is 30.4 Å². The number of anilines is 1. The van der Waals surface area contributed by atoms with Crippen molar-refractivity contribution in [2.45, 2.75) is 19.4 Å².